The molecule has 3 aromatic rings. The van der Waals surface area contributed by atoms with Gasteiger partial charge in [-0.1, -0.05) is 38.5 Å². The van der Waals surface area contributed by atoms with Crippen LogP contribution in [0.25, 0.3) is 22.0 Å². The van der Waals surface area contributed by atoms with Crippen molar-refractivity contribution >= 4 is 10.8 Å². The molecule has 2 fully saturated rings. The quantitative estimate of drug-likeness (QED) is 0.442. The second-order valence-electron chi connectivity index (χ2n) is 9.54. The molecule has 1 heteroatoms. The minimum absolute atomic E-state index is 0.799. The van der Waals surface area contributed by atoms with Gasteiger partial charge in [-0.3, -0.25) is 0 Å². The molecule has 29 heavy (non-hydrogen) atoms. The van der Waals surface area contributed by atoms with Gasteiger partial charge in [0.05, 0.1) is 10.9 Å². The minimum atomic E-state index is 0.799. The Morgan fingerprint density at radius 2 is 1.83 bits per heavy atom. The topological polar surface area (TPSA) is 3.88 Å². The molecule has 2 aromatic carbocycles. The highest BCUT2D eigenvalue weighted by molar-refractivity contribution is 5.94. The van der Waals surface area contributed by atoms with E-state index in [0.717, 1.165) is 30.6 Å². The predicted octanol–water partition coefficient (Wildman–Crippen LogP) is 6.67. The number of hydrogen-bond acceptors (Lipinski definition) is 0. The maximum Gasteiger partial charge on any atom is 0.220 e. The van der Waals surface area contributed by atoms with Gasteiger partial charge in [0.2, 0.25) is 5.69 Å². The number of hydrogen-bond donors (Lipinski definition) is 0. The molecule has 3 unspecified atom stereocenters. The fourth-order valence-electron chi connectivity index (χ4n) is 6.27. The number of aryl methyl sites for hydroxylation is 3. The van der Waals surface area contributed by atoms with Crippen LogP contribution in [0, 0.1) is 18.8 Å². The molecule has 0 radical (unpaired) electrons. The SMILES string of the molecule is CCc1cc(CC)c(C)c(-c2c3ccc(C4CC5CCC4C5)cc3cc[n+]2C)c1. The second-order valence-corrected chi connectivity index (χ2v) is 9.54. The van der Waals surface area contributed by atoms with Gasteiger partial charge in [0.25, 0.3) is 0 Å². The fraction of sp³-hybridized carbons (Fsp3) is 0.464. The molecule has 150 valence electrons. The van der Waals surface area contributed by atoms with Crippen molar-refractivity contribution in [3.05, 3.63) is 64.8 Å². The molecule has 0 spiro atoms. The number of fused-ring (bicyclic) bond motifs is 3. The zero-order chi connectivity index (χ0) is 20.1. The van der Waals surface area contributed by atoms with Gasteiger partial charge in [-0.05, 0) is 96.6 Å². The summed E-state index contributed by atoms with van der Waals surface area (Å²) in [6, 6.07) is 14.5. The zero-order valence-electron chi connectivity index (χ0n) is 18.5. The molecule has 5 rings (SSSR count). The van der Waals surface area contributed by atoms with Crippen LogP contribution in [0.15, 0.2) is 42.6 Å². The Bertz CT molecular complexity index is 1080. The van der Waals surface area contributed by atoms with E-state index in [9.17, 15) is 0 Å². The van der Waals surface area contributed by atoms with Crippen molar-refractivity contribution in [2.75, 3.05) is 0 Å². The van der Waals surface area contributed by atoms with Crippen molar-refractivity contribution in [3.8, 4) is 11.3 Å². The highest BCUT2D eigenvalue weighted by Crippen LogP contribution is 2.53. The highest BCUT2D eigenvalue weighted by atomic mass is 14.9. The zero-order valence-corrected chi connectivity index (χ0v) is 18.5. The average Bonchev–Trinajstić information content (AvgIpc) is 3.38. The predicted molar refractivity (Wildman–Crippen MR) is 122 cm³/mol. The summed E-state index contributed by atoms with van der Waals surface area (Å²) in [6.07, 6.45) is 10.2. The first-order valence-corrected chi connectivity index (χ1v) is 11.6. The van der Waals surface area contributed by atoms with Gasteiger partial charge in [-0.15, -0.1) is 0 Å². The van der Waals surface area contributed by atoms with E-state index >= 15 is 0 Å². The third-order valence-corrected chi connectivity index (χ3v) is 7.95. The molecule has 3 atom stereocenters. The molecule has 1 nitrogen and oxygen atoms in total. The lowest BCUT2D eigenvalue weighted by Gasteiger charge is -2.22. The Labute approximate surface area is 175 Å². The van der Waals surface area contributed by atoms with Crippen LogP contribution in [0.2, 0.25) is 0 Å². The third kappa shape index (κ3) is 3.10. The summed E-state index contributed by atoms with van der Waals surface area (Å²) in [5.41, 5.74) is 8.71. The molecular weight excluding hydrogens is 350 g/mol. The van der Waals surface area contributed by atoms with Crippen LogP contribution in [-0.4, -0.2) is 0 Å². The van der Waals surface area contributed by atoms with Gasteiger partial charge >= 0.3 is 0 Å². The van der Waals surface area contributed by atoms with E-state index in [1.165, 1.54) is 64.4 Å². The Kier molecular flexibility index (Phi) is 4.73. The summed E-state index contributed by atoms with van der Waals surface area (Å²) in [5, 5.41) is 2.79. The van der Waals surface area contributed by atoms with Crippen LogP contribution in [0.1, 0.15) is 67.7 Å². The van der Waals surface area contributed by atoms with Crippen molar-refractivity contribution in [1.82, 2.24) is 0 Å². The monoisotopic (exact) mass is 384 g/mol. The van der Waals surface area contributed by atoms with E-state index in [1.54, 1.807) is 5.56 Å². The normalized spacial score (nSPS) is 23.2. The number of nitrogens with zero attached hydrogens (tertiary/aromatic N) is 1. The van der Waals surface area contributed by atoms with Crippen LogP contribution in [0.5, 0.6) is 0 Å². The van der Waals surface area contributed by atoms with E-state index in [2.05, 4.69) is 75.0 Å². The molecule has 2 saturated carbocycles. The van der Waals surface area contributed by atoms with Gasteiger partial charge in [0, 0.05) is 6.07 Å². The van der Waals surface area contributed by atoms with E-state index in [4.69, 9.17) is 0 Å². The average molecular weight is 385 g/mol. The maximum atomic E-state index is 2.50. The molecule has 2 aliphatic rings. The van der Waals surface area contributed by atoms with Crippen molar-refractivity contribution in [2.24, 2.45) is 18.9 Å². The highest BCUT2D eigenvalue weighted by Gasteiger charge is 2.40. The molecule has 0 amide bonds. The first-order valence-electron chi connectivity index (χ1n) is 11.6. The molecule has 2 aliphatic carbocycles. The van der Waals surface area contributed by atoms with Gasteiger partial charge in [-0.2, -0.15) is 0 Å². The van der Waals surface area contributed by atoms with Crippen LogP contribution in [0.4, 0.5) is 0 Å². The summed E-state index contributed by atoms with van der Waals surface area (Å²) >= 11 is 0. The summed E-state index contributed by atoms with van der Waals surface area (Å²) in [7, 11) is 2.20. The lowest BCUT2D eigenvalue weighted by Crippen LogP contribution is -2.31. The minimum Gasteiger partial charge on any atom is -0.200 e. The Hall–Kier alpha value is -2.15. The summed E-state index contributed by atoms with van der Waals surface area (Å²) in [4.78, 5) is 0. The molecule has 0 aliphatic heterocycles. The number of benzene rings is 2. The fourth-order valence-corrected chi connectivity index (χ4v) is 6.27. The van der Waals surface area contributed by atoms with Crippen molar-refractivity contribution in [1.29, 1.82) is 0 Å². The molecule has 0 N–H and O–H groups in total. The Morgan fingerprint density at radius 1 is 0.966 bits per heavy atom. The van der Waals surface area contributed by atoms with E-state index in [1.807, 2.05) is 0 Å². The lowest BCUT2D eigenvalue weighted by molar-refractivity contribution is -0.659. The largest absolute Gasteiger partial charge is 0.220 e. The second kappa shape index (κ2) is 7.27. The standard InChI is InChI=1S/C28H34N/c1-5-19-13-21(6-2)18(3)26(15-19)28-25-10-9-23(17-24(25)11-12-29(28)4)27-16-20-7-8-22(27)14-20/h9-13,15,17,20,22,27H,5-8,14,16H2,1-4H3/q+1. The Morgan fingerprint density at radius 3 is 2.52 bits per heavy atom. The summed E-state index contributed by atoms with van der Waals surface area (Å²) in [5.74, 6) is 2.73. The van der Waals surface area contributed by atoms with Crippen LogP contribution in [-0.2, 0) is 19.9 Å². The van der Waals surface area contributed by atoms with Crippen LogP contribution >= 0.6 is 0 Å². The molecule has 0 saturated heterocycles. The number of rotatable bonds is 4. The maximum absolute atomic E-state index is 2.50. The number of pyridine rings is 1. The van der Waals surface area contributed by atoms with Gasteiger partial charge in [0.1, 0.15) is 7.05 Å². The van der Waals surface area contributed by atoms with Crippen molar-refractivity contribution in [3.63, 3.8) is 0 Å². The van der Waals surface area contributed by atoms with E-state index in [-0.39, 0.29) is 0 Å². The van der Waals surface area contributed by atoms with Crippen molar-refractivity contribution < 1.29 is 4.57 Å². The first kappa shape index (κ1) is 18.9. The molecule has 2 bridgehead atoms. The van der Waals surface area contributed by atoms with E-state index < -0.39 is 0 Å². The Balaban J connectivity index is 1.66. The molecule has 1 heterocycles. The van der Waals surface area contributed by atoms with Crippen molar-refractivity contribution in [2.45, 2.75) is 65.2 Å². The molecule has 1 aromatic heterocycles. The summed E-state index contributed by atoms with van der Waals surface area (Å²) < 4.78 is 2.32. The lowest BCUT2D eigenvalue weighted by atomic mass is 9.82. The van der Waals surface area contributed by atoms with Gasteiger partial charge in [-0.25, -0.2) is 4.57 Å². The van der Waals surface area contributed by atoms with Crippen LogP contribution < -0.4 is 4.57 Å². The van der Waals surface area contributed by atoms with Gasteiger partial charge in [0.15, 0.2) is 6.20 Å². The smallest absolute Gasteiger partial charge is 0.200 e. The summed E-state index contributed by atoms with van der Waals surface area (Å²) in [6.45, 7) is 6.84. The van der Waals surface area contributed by atoms with E-state index in [0.29, 0.717) is 0 Å². The number of aromatic nitrogens is 1. The van der Waals surface area contributed by atoms with Crippen LogP contribution in [0.3, 0.4) is 0 Å². The third-order valence-electron chi connectivity index (χ3n) is 7.95. The van der Waals surface area contributed by atoms with Gasteiger partial charge < -0.3 is 0 Å². The molecular formula is C28H34N+. The first-order chi connectivity index (χ1) is 14.1.